The number of aliphatic hydroxyl groups excluding tert-OH is 4. The van der Waals surface area contributed by atoms with E-state index in [0.717, 1.165) is 0 Å². The fraction of sp³-hybridized carbons (Fsp3) is 0.423. The van der Waals surface area contributed by atoms with Crippen LogP contribution in [0.3, 0.4) is 0 Å². The van der Waals surface area contributed by atoms with Gasteiger partial charge in [0.15, 0.2) is 29.3 Å². The van der Waals surface area contributed by atoms with Crippen molar-refractivity contribution in [2.24, 2.45) is 0 Å². The number of ether oxygens (including phenoxy) is 5. The lowest BCUT2D eigenvalue weighted by molar-refractivity contribution is -0.302. The van der Waals surface area contributed by atoms with Crippen molar-refractivity contribution in [2.45, 2.75) is 42.7 Å². The molecule has 0 unspecified atom stereocenters. The lowest BCUT2D eigenvalue weighted by atomic mass is 9.90. The lowest BCUT2D eigenvalue weighted by Gasteiger charge is -2.40. The predicted octanol–water partition coefficient (Wildman–Crippen LogP) is 0.655. The van der Waals surface area contributed by atoms with Crippen molar-refractivity contribution in [1.29, 1.82) is 0 Å². The number of aromatic hydroxyl groups is 1. The van der Waals surface area contributed by atoms with Gasteiger partial charge in [0.1, 0.15) is 36.8 Å². The Morgan fingerprint density at radius 3 is 2.43 bits per heavy atom. The Morgan fingerprint density at radius 1 is 1.00 bits per heavy atom. The summed E-state index contributed by atoms with van der Waals surface area (Å²) in [7, 11) is 2.92. The molecule has 4 rings (SSSR count). The molecule has 1 saturated heterocycles. The van der Waals surface area contributed by atoms with Gasteiger partial charge in [-0.1, -0.05) is 12.1 Å². The van der Waals surface area contributed by atoms with E-state index in [1.54, 1.807) is 24.3 Å². The third-order valence-electron chi connectivity index (χ3n) is 6.52. The number of benzene rings is 2. The van der Waals surface area contributed by atoms with Gasteiger partial charge in [-0.2, -0.15) is 0 Å². The van der Waals surface area contributed by atoms with Gasteiger partial charge in [0, 0.05) is 5.56 Å². The Hall–Kier alpha value is -3.19. The number of allylic oxidation sites excluding steroid dienone is 1. The van der Waals surface area contributed by atoms with E-state index < -0.39 is 49.3 Å². The number of phenolic OH excluding ortho intramolecular Hbond substituents is 1. The highest BCUT2D eigenvalue weighted by molar-refractivity contribution is 5.75. The first-order chi connectivity index (χ1) is 17.8. The SMILES string of the molecule is COc1cc([C@@H]2Oc3c(OC)cc(/C=C/C=O)cc3[C@H]2CO[C@@H]2O[C@H](CO)[C@@H](O)[C@H](O)[C@H]2O)ccc1O. The molecule has 5 N–H and O–H groups in total. The minimum atomic E-state index is -1.58. The number of aldehydes is 1. The van der Waals surface area contributed by atoms with E-state index in [-0.39, 0.29) is 18.1 Å². The summed E-state index contributed by atoms with van der Waals surface area (Å²) < 4.78 is 28.5. The third-order valence-corrected chi connectivity index (χ3v) is 6.52. The molecule has 7 atom stereocenters. The van der Waals surface area contributed by atoms with Gasteiger partial charge >= 0.3 is 0 Å². The molecule has 1 fully saturated rings. The fourth-order valence-electron chi connectivity index (χ4n) is 4.57. The van der Waals surface area contributed by atoms with Crippen LogP contribution in [0.4, 0.5) is 0 Å². The van der Waals surface area contributed by atoms with Crippen LogP contribution in [0.2, 0.25) is 0 Å². The number of hydrogen-bond donors (Lipinski definition) is 5. The molecule has 2 aromatic rings. The highest BCUT2D eigenvalue weighted by Crippen LogP contribution is 2.52. The number of rotatable bonds is 9. The van der Waals surface area contributed by atoms with Crippen molar-refractivity contribution in [3.63, 3.8) is 0 Å². The maximum absolute atomic E-state index is 10.9. The van der Waals surface area contributed by atoms with E-state index in [1.807, 2.05) is 6.07 Å². The maximum atomic E-state index is 10.9. The molecule has 200 valence electrons. The first kappa shape index (κ1) is 26.9. The summed E-state index contributed by atoms with van der Waals surface area (Å²) in [4.78, 5) is 10.9. The average Bonchev–Trinajstić information content (AvgIpc) is 3.28. The number of methoxy groups -OCH3 is 2. The zero-order valence-corrected chi connectivity index (χ0v) is 20.3. The van der Waals surface area contributed by atoms with Crippen molar-refractivity contribution in [3.05, 3.63) is 53.1 Å². The van der Waals surface area contributed by atoms with Crippen LogP contribution in [0.5, 0.6) is 23.0 Å². The Bertz CT molecular complexity index is 1130. The van der Waals surface area contributed by atoms with Crippen LogP contribution in [0.1, 0.15) is 28.7 Å². The number of aliphatic hydroxyl groups is 4. The molecule has 2 aliphatic heterocycles. The van der Waals surface area contributed by atoms with E-state index in [2.05, 4.69) is 0 Å². The lowest BCUT2D eigenvalue weighted by Crippen LogP contribution is -2.59. The van der Waals surface area contributed by atoms with E-state index >= 15 is 0 Å². The molecule has 11 nitrogen and oxygen atoms in total. The number of phenols is 1. The molecule has 2 aromatic carbocycles. The maximum Gasteiger partial charge on any atom is 0.186 e. The zero-order valence-electron chi connectivity index (χ0n) is 20.3. The molecule has 0 aliphatic carbocycles. The monoisotopic (exact) mass is 518 g/mol. The summed E-state index contributed by atoms with van der Waals surface area (Å²) in [6.45, 7) is -0.659. The summed E-state index contributed by atoms with van der Waals surface area (Å²) in [6.07, 6.45) is -4.15. The minimum absolute atomic E-state index is 0.0465. The molecular formula is C26H30O11. The zero-order chi connectivity index (χ0) is 26.7. The van der Waals surface area contributed by atoms with Crippen molar-refractivity contribution in [3.8, 4) is 23.0 Å². The molecular weight excluding hydrogens is 488 g/mol. The van der Waals surface area contributed by atoms with Crippen LogP contribution < -0.4 is 14.2 Å². The first-order valence-corrected chi connectivity index (χ1v) is 11.6. The Morgan fingerprint density at radius 2 is 1.76 bits per heavy atom. The highest BCUT2D eigenvalue weighted by Gasteiger charge is 2.45. The molecule has 0 aromatic heterocycles. The van der Waals surface area contributed by atoms with Gasteiger partial charge < -0.3 is 49.2 Å². The summed E-state index contributed by atoms with van der Waals surface area (Å²) in [5.74, 6) is 0.566. The normalized spacial score (nSPS) is 29.1. The van der Waals surface area contributed by atoms with Gasteiger partial charge in [0.05, 0.1) is 33.4 Å². The molecule has 0 amide bonds. The summed E-state index contributed by atoms with van der Waals surface area (Å²) in [5, 5.41) is 50.2. The van der Waals surface area contributed by atoms with Crippen LogP contribution >= 0.6 is 0 Å². The number of carbonyl (C=O) groups is 1. The Labute approximate surface area is 213 Å². The Kier molecular flexibility index (Phi) is 8.32. The van der Waals surface area contributed by atoms with Crippen molar-refractivity contribution >= 4 is 12.4 Å². The van der Waals surface area contributed by atoms with Gasteiger partial charge in [-0.25, -0.2) is 0 Å². The smallest absolute Gasteiger partial charge is 0.186 e. The van der Waals surface area contributed by atoms with E-state index in [1.165, 1.54) is 26.4 Å². The highest BCUT2D eigenvalue weighted by atomic mass is 16.7. The van der Waals surface area contributed by atoms with Gasteiger partial charge in [0.25, 0.3) is 0 Å². The van der Waals surface area contributed by atoms with Gasteiger partial charge in [-0.15, -0.1) is 0 Å². The number of fused-ring (bicyclic) bond motifs is 1. The molecule has 2 aliphatic rings. The van der Waals surface area contributed by atoms with Crippen molar-refractivity contribution < 1.29 is 54.0 Å². The molecule has 0 spiro atoms. The van der Waals surface area contributed by atoms with Crippen LogP contribution in [0.25, 0.3) is 6.08 Å². The summed E-state index contributed by atoms with van der Waals surface area (Å²) >= 11 is 0. The number of hydrogen-bond acceptors (Lipinski definition) is 11. The predicted molar refractivity (Wildman–Crippen MR) is 129 cm³/mol. The van der Waals surface area contributed by atoms with Gasteiger partial charge in [0.2, 0.25) is 0 Å². The Balaban J connectivity index is 1.70. The molecule has 37 heavy (non-hydrogen) atoms. The minimum Gasteiger partial charge on any atom is -0.504 e. The topological polar surface area (TPSA) is 164 Å². The van der Waals surface area contributed by atoms with Crippen molar-refractivity contribution in [2.75, 3.05) is 27.4 Å². The van der Waals surface area contributed by atoms with Gasteiger partial charge in [-0.3, -0.25) is 4.79 Å². The van der Waals surface area contributed by atoms with Gasteiger partial charge in [-0.05, 0) is 41.5 Å². The second-order valence-electron chi connectivity index (χ2n) is 8.74. The van der Waals surface area contributed by atoms with Crippen LogP contribution in [0.15, 0.2) is 36.4 Å². The molecule has 0 bridgehead atoms. The molecule has 0 saturated carbocycles. The standard InChI is InChI=1S/C26H30O11/c1-33-18-10-14(5-6-17(18)29)24-16(12-35-26-23(32)22(31)21(30)20(11-28)36-26)15-8-13(4-3-7-27)9-19(34-2)25(15)37-24/h3-10,16,20-24,26,28-32H,11-12H2,1-2H3/b4-3+/t16-,20-,21-,22+,23-,24+,26-/m1/s1. The third kappa shape index (κ3) is 5.28. The second-order valence-corrected chi connectivity index (χ2v) is 8.74. The van der Waals surface area contributed by atoms with E-state index in [0.29, 0.717) is 34.5 Å². The van der Waals surface area contributed by atoms with Crippen LogP contribution in [-0.4, -0.2) is 90.0 Å². The largest absolute Gasteiger partial charge is 0.504 e. The molecule has 0 radical (unpaired) electrons. The van der Waals surface area contributed by atoms with Crippen LogP contribution in [0, 0.1) is 0 Å². The summed E-state index contributed by atoms with van der Waals surface area (Å²) in [6, 6.07) is 8.32. The van der Waals surface area contributed by atoms with E-state index in [9.17, 15) is 30.3 Å². The summed E-state index contributed by atoms with van der Waals surface area (Å²) in [5.41, 5.74) is 2.01. The number of carbonyl (C=O) groups excluding carboxylic acids is 1. The average molecular weight is 519 g/mol. The van der Waals surface area contributed by atoms with Crippen molar-refractivity contribution in [1.82, 2.24) is 0 Å². The fourth-order valence-corrected chi connectivity index (χ4v) is 4.57. The van der Waals surface area contributed by atoms with Crippen LogP contribution in [-0.2, 0) is 14.3 Å². The van der Waals surface area contributed by atoms with E-state index in [4.69, 9.17) is 23.7 Å². The first-order valence-electron chi connectivity index (χ1n) is 11.6. The second kappa shape index (κ2) is 11.5. The quantitative estimate of drug-likeness (QED) is 0.234. The molecule has 2 heterocycles. The molecule has 11 heteroatoms.